The topological polar surface area (TPSA) is 0 Å². The molecule has 3 rings (SSSR count). The molecule has 0 unspecified atom stereocenters. The van der Waals surface area contributed by atoms with E-state index in [0.717, 1.165) is 0 Å². The first kappa shape index (κ1) is 21.8. The summed E-state index contributed by atoms with van der Waals surface area (Å²) in [4.78, 5) is 0. The van der Waals surface area contributed by atoms with Crippen LogP contribution in [0.5, 0.6) is 0 Å². The average Bonchev–Trinajstić information content (AvgIpc) is 3.03. The van der Waals surface area contributed by atoms with Crippen LogP contribution in [0.15, 0.2) is 48.5 Å². The Kier molecular flexibility index (Phi) is 9.01. The Balaban J connectivity index is 0.000000758. The normalized spacial score (nSPS) is 10.7. The van der Waals surface area contributed by atoms with E-state index >= 15 is 0 Å². The van der Waals surface area contributed by atoms with Gasteiger partial charge in [-0.3, -0.25) is 0 Å². The van der Waals surface area contributed by atoms with Gasteiger partial charge in [-0.1, -0.05) is 69.0 Å². The number of rotatable bonds is 5. The van der Waals surface area contributed by atoms with Gasteiger partial charge in [0.15, 0.2) is 0 Å². The van der Waals surface area contributed by atoms with Gasteiger partial charge in [-0.2, -0.15) is 6.07 Å². The summed E-state index contributed by atoms with van der Waals surface area (Å²) in [6.07, 6.45) is 3.71. The van der Waals surface area contributed by atoms with Crippen molar-refractivity contribution >= 4 is 27.8 Å². The van der Waals surface area contributed by atoms with E-state index in [0.29, 0.717) is 5.92 Å². The zero-order chi connectivity index (χ0) is 19.1. The molecule has 0 heterocycles. The van der Waals surface area contributed by atoms with Crippen LogP contribution >= 0.6 is 17.0 Å². The molecule has 0 atom stereocenters. The molecular weight excluding hydrogens is 438 g/mol. The van der Waals surface area contributed by atoms with Crippen LogP contribution in [-0.2, 0) is 27.3 Å². The van der Waals surface area contributed by atoms with Crippen LogP contribution < -0.4 is 0 Å². The molecule has 0 fully saturated rings. The standard InChI is InChI=1S/C23H27.2ClH.Zr/c1-5-6-9-18-14-19-13-12-17(4)23(22(19)15-18)21-11-8-7-10-20(21)16(2)3;;;/h7-8,10-16H,5-6,9H2,1-4H3;2*1H;/q-1;;;+2/p-2. The van der Waals surface area contributed by atoms with E-state index in [9.17, 15) is 0 Å². The van der Waals surface area contributed by atoms with E-state index in [2.05, 4.69) is 76.2 Å². The van der Waals surface area contributed by atoms with Gasteiger partial charge in [0.05, 0.1) is 0 Å². The Bertz CT molecular complexity index is 833. The molecule has 0 aromatic heterocycles. The van der Waals surface area contributed by atoms with Gasteiger partial charge in [0.25, 0.3) is 0 Å². The molecule has 0 saturated heterocycles. The summed E-state index contributed by atoms with van der Waals surface area (Å²) >= 11 is -0.826. The molecule has 0 aliphatic rings. The summed E-state index contributed by atoms with van der Waals surface area (Å²) < 4.78 is 0. The predicted octanol–water partition coefficient (Wildman–Crippen LogP) is 8.38. The second-order valence-electron chi connectivity index (χ2n) is 7.04. The third-order valence-corrected chi connectivity index (χ3v) is 4.83. The SMILES string of the molecule is CCCCc1cc2c(-c3ccccc3C(C)C)c(C)ccc2[cH-]1.[Cl][Zr][Cl]. The molecule has 0 N–H and O–H groups in total. The van der Waals surface area contributed by atoms with Crippen molar-refractivity contribution in [2.45, 2.75) is 52.9 Å². The molecule has 0 aliphatic heterocycles. The zero-order valence-electron chi connectivity index (χ0n) is 16.1. The third kappa shape index (κ3) is 5.28. The Hall–Kier alpha value is -0.487. The van der Waals surface area contributed by atoms with Crippen LogP contribution in [0.3, 0.4) is 0 Å². The summed E-state index contributed by atoms with van der Waals surface area (Å²) in [6, 6.07) is 18.2. The van der Waals surface area contributed by atoms with Crippen LogP contribution in [0, 0.1) is 6.92 Å². The molecule has 0 spiro atoms. The van der Waals surface area contributed by atoms with Gasteiger partial charge in [-0.15, -0.1) is 34.5 Å². The second-order valence-corrected chi connectivity index (χ2v) is 10.8. The zero-order valence-corrected chi connectivity index (χ0v) is 20.0. The molecule has 0 amide bonds. The molecule has 0 radical (unpaired) electrons. The van der Waals surface area contributed by atoms with Crippen molar-refractivity contribution in [3.63, 3.8) is 0 Å². The van der Waals surface area contributed by atoms with Gasteiger partial charge < -0.3 is 0 Å². The van der Waals surface area contributed by atoms with Crippen LogP contribution in [0.1, 0.15) is 56.2 Å². The number of hydrogen-bond acceptors (Lipinski definition) is 0. The van der Waals surface area contributed by atoms with E-state index in [-0.39, 0.29) is 0 Å². The third-order valence-electron chi connectivity index (χ3n) is 4.83. The number of benzene rings is 2. The van der Waals surface area contributed by atoms with Crippen molar-refractivity contribution < 1.29 is 20.8 Å². The van der Waals surface area contributed by atoms with Crippen LogP contribution in [0.4, 0.5) is 0 Å². The molecule has 3 aromatic rings. The van der Waals surface area contributed by atoms with Gasteiger partial charge in [-0.25, -0.2) is 0 Å². The van der Waals surface area contributed by atoms with Crippen molar-refractivity contribution in [3.05, 3.63) is 65.2 Å². The van der Waals surface area contributed by atoms with Crippen LogP contribution in [0.2, 0.25) is 0 Å². The first-order valence-corrected chi connectivity index (χ1v) is 15.6. The van der Waals surface area contributed by atoms with Crippen molar-refractivity contribution in [2.75, 3.05) is 0 Å². The molecule has 26 heavy (non-hydrogen) atoms. The maximum absolute atomic E-state index is 4.93. The summed E-state index contributed by atoms with van der Waals surface area (Å²) in [5.74, 6) is 0.537. The fraction of sp³-hybridized carbons (Fsp3) is 0.348. The Morgan fingerprint density at radius 3 is 2.42 bits per heavy atom. The van der Waals surface area contributed by atoms with Gasteiger partial charge >= 0.3 is 37.9 Å². The maximum atomic E-state index is 4.93. The molecule has 0 saturated carbocycles. The van der Waals surface area contributed by atoms with E-state index in [1.54, 1.807) is 0 Å². The minimum absolute atomic E-state index is 0.537. The number of fused-ring (bicyclic) bond motifs is 1. The Morgan fingerprint density at radius 1 is 1.08 bits per heavy atom. The van der Waals surface area contributed by atoms with E-state index in [1.165, 1.54) is 57.9 Å². The predicted molar refractivity (Wildman–Crippen MR) is 114 cm³/mol. The minimum atomic E-state index is -0.826. The number of hydrogen-bond donors (Lipinski definition) is 0. The molecule has 3 aromatic carbocycles. The quantitative estimate of drug-likeness (QED) is 0.332. The van der Waals surface area contributed by atoms with Crippen molar-refractivity contribution in [1.29, 1.82) is 0 Å². The van der Waals surface area contributed by atoms with Crippen LogP contribution in [-0.4, -0.2) is 0 Å². The molecule has 3 heteroatoms. The molecular formula is C23H27Cl2Zr-. The van der Waals surface area contributed by atoms with Gasteiger partial charge in [0, 0.05) is 0 Å². The Morgan fingerprint density at radius 2 is 1.77 bits per heavy atom. The summed E-state index contributed by atoms with van der Waals surface area (Å²) in [7, 11) is 9.87. The van der Waals surface area contributed by atoms with Gasteiger partial charge in [0.2, 0.25) is 0 Å². The molecule has 0 bridgehead atoms. The first-order chi connectivity index (χ1) is 12.5. The molecule has 0 aliphatic carbocycles. The van der Waals surface area contributed by atoms with E-state index < -0.39 is 20.8 Å². The fourth-order valence-electron chi connectivity index (χ4n) is 3.56. The number of unbranched alkanes of at least 4 members (excludes halogenated alkanes) is 1. The van der Waals surface area contributed by atoms with E-state index in [4.69, 9.17) is 17.0 Å². The fourth-order valence-corrected chi connectivity index (χ4v) is 3.56. The van der Waals surface area contributed by atoms with Gasteiger partial charge in [0.1, 0.15) is 0 Å². The summed E-state index contributed by atoms with van der Waals surface area (Å²) in [5.41, 5.74) is 7.13. The monoisotopic (exact) mass is 463 g/mol. The number of halogens is 2. The van der Waals surface area contributed by atoms with Gasteiger partial charge in [-0.05, 0) is 30.4 Å². The van der Waals surface area contributed by atoms with Crippen molar-refractivity contribution in [2.24, 2.45) is 0 Å². The summed E-state index contributed by atoms with van der Waals surface area (Å²) in [5, 5.41) is 2.81. The second kappa shape index (κ2) is 10.7. The van der Waals surface area contributed by atoms with Crippen LogP contribution in [0.25, 0.3) is 21.9 Å². The Labute approximate surface area is 176 Å². The van der Waals surface area contributed by atoms with Crippen molar-refractivity contribution in [3.8, 4) is 11.1 Å². The van der Waals surface area contributed by atoms with E-state index in [1.807, 2.05) is 0 Å². The number of aryl methyl sites for hydroxylation is 2. The molecule has 138 valence electrons. The average molecular weight is 466 g/mol. The first-order valence-electron chi connectivity index (χ1n) is 9.27. The molecule has 0 nitrogen and oxygen atoms in total. The van der Waals surface area contributed by atoms with Crippen molar-refractivity contribution in [1.82, 2.24) is 0 Å². The summed E-state index contributed by atoms with van der Waals surface area (Å²) in [6.45, 7) is 9.07.